The quantitative estimate of drug-likeness (QED) is 0.294. The van der Waals surface area contributed by atoms with Gasteiger partial charge in [-0.2, -0.15) is 4.98 Å². The number of anilines is 1. The fourth-order valence-corrected chi connectivity index (χ4v) is 6.50. The monoisotopic (exact) mass is 575 g/mol. The van der Waals surface area contributed by atoms with Crippen molar-refractivity contribution >= 4 is 28.7 Å². The summed E-state index contributed by atoms with van der Waals surface area (Å²) >= 11 is 6.44. The molecule has 2 fully saturated rings. The number of nitrogens with one attached hydrogen (secondary N) is 1. The van der Waals surface area contributed by atoms with Crippen LogP contribution in [0.2, 0.25) is 5.02 Å². The van der Waals surface area contributed by atoms with E-state index >= 15 is 0 Å². The highest BCUT2D eigenvalue weighted by Crippen LogP contribution is 2.39. The van der Waals surface area contributed by atoms with E-state index in [0.717, 1.165) is 68.6 Å². The molecule has 1 aromatic carbocycles. The summed E-state index contributed by atoms with van der Waals surface area (Å²) in [6.07, 6.45) is 11.9. The summed E-state index contributed by atoms with van der Waals surface area (Å²) in [5.74, 6) is 4.05. The van der Waals surface area contributed by atoms with Crippen LogP contribution in [0.1, 0.15) is 52.4 Å². The molecule has 1 atom stereocenters. The molecule has 1 saturated heterocycles. The molecule has 3 aromatic heterocycles. The van der Waals surface area contributed by atoms with Crippen molar-refractivity contribution in [3.8, 4) is 35.3 Å². The van der Waals surface area contributed by atoms with Crippen LogP contribution in [0, 0.1) is 24.2 Å². The SMILES string of the molecule is C#CC1CCC(Cn2c(N3CCCC3C(C)(C)OC)nc3nc(-c4n[nH]c(=O)o4)nc(-c4cccc(Cl)c4)c32)CC1. The molecule has 6 rings (SSSR count). The number of halogens is 1. The third-order valence-electron chi connectivity index (χ3n) is 8.67. The van der Waals surface area contributed by atoms with E-state index in [1.54, 1.807) is 7.11 Å². The number of hydrogen-bond donors (Lipinski definition) is 1. The van der Waals surface area contributed by atoms with Gasteiger partial charge in [0.05, 0.1) is 11.6 Å². The third kappa shape index (κ3) is 5.24. The van der Waals surface area contributed by atoms with E-state index in [1.807, 2.05) is 24.3 Å². The Hall–Kier alpha value is -3.68. The first-order chi connectivity index (χ1) is 19.8. The van der Waals surface area contributed by atoms with Crippen LogP contribution < -0.4 is 10.7 Å². The fourth-order valence-electron chi connectivity index (χ4n) is 6.31. The Labute approximate surface area is 243 Å². The minimum atomic E-state index is -0.677. The van der Waals surface area contributed by atoms with E-state index in [4.69, 9.17) is 42.1 Å². The Bertz CT molecular complexity index is 1660. The standard InChI is InChI=1S/C30H34ClN7O3/c1-5-18-11-13-19(14-12-18)17-38-24-23(20-8-6-9-21(31)16-20)32-26(27-35-36-29(39)41-27)33-25(24)34-28(38)37-15-7-10-22(37)30(2,3)40-4/h1,6,8-9,16,18-19,22H,7,10-15,17H2,2-4H3,(H,36,39). The Morgan fingerprint density at radius 2 is 2.00 bits per heavy atom. The molecule has 10 nitrogen and oxygen atoms in total. The molecule has 1 aliphatic carbocycles. The van der Waals surface area contributed by atoms with Gasteiger partial charge in [0.1, 0.15) is 11.2 Å². The lowest BCUT2D eigenvalue weighted by atomic mass is 9.82. The lowest BCUT2D eigenvalue weighted by Gasteiger charge is -2.37. The Morgan fingerprint density at radius 3 is 2.68 bits per heavy atom. The largest absolute Gasteiger partial charge is 0.434 e. The Morgan fingerprint density at radius 1 is 1.20 bits per heavy atom. The average Bonchev–Trinajstić information content (AvgIpc) is 3.72. The van der Waals surface area contributed by atoms with Gasteiger partial charge in [-0.25, -0.2) is 19.9 Å². The molecule has 1 saturated carbocycles. The molecule has 41 heavy (non-hydrogen) atoms. The van der Waals surface area contributed by atoms with Crippen molar-refractivity contribution in [1.29, 1.82) is 0 Å². The number of terminal acetylenes is 1. The summed E-state index contributed by atoms with van der Waals surface area (Å²) in [6, 6.07) is 7.67. The summed E-state index contributed by atoms with van der Waals surface area (Å²) in [4.78, 5) is 28.9. The fraction of sp³-hybridized carbons (Fsp3) is 0.500. The zero-order valence-electron chi connectivity index (χ0n) is 23.6. The van der Waals surface area contributed by atoms with Gasteiger partial charge in [-0.1, -0.05) is 23.7 Å². The maximum atomic E-state index is 11.8. The highest BCUT2D eigenvalue weighted by atomic mass is 35.5. The lowest BCUT2D eigenvalue weighted by molar-refractivity contribution is 0.00151. The van der Waals surface area contributed by atoms with Crippen molar-refractivity contribution in [1.82, 2.24) is 29.7 Å². The number of methoxy groups -OCH3 is 1. The number of aromatic amines is 1. The summed E-state index contributed by atoms with van der Waals surface area (Å²) in [5, 5.41) is 6.87. The van der Waals surface area contributed by atoms with Gasteiger partial charge in [0.2, 0.25) is 11.8 Å². The number of aromatic nitrogens is 6. The van der Waals surface area contributed by atoms with Gasteiger partial charge in [0.15, 0.2) is 5.65 Å². The maximum absolute atomic E-state index is 11.8. The van der Waals surface area contributed by atoms with Crippen LogP contribution in [0.4, 0.5) is 5.95 Å². The van der Waals surface area contributed by atoms with E-state index in [-0.39, 0.29) is 23.4 Å². The lowest BCUT2D eigenvalue weighted by Crippen LogP contribution is -2.48. The number of benzene rings is 1. The van der Waals surface area contributed by atoms with Crippen molar-refractivity contribution < 1.29 is 9.15 Å². The highest BCUT2D eigenvalue weighted by Gasteiger charge is 2.40. The van der Waals surface area contributed by atoms with Gasteiger partial charge in [-0.3, -0.25) is 0 Å². The molecule has 0 radical (unpaired) electrons. The highest BCUT2D eigenvalue weighted by molar-refractivity contribution is 6.30. The summed E-state index contributed by atoms with van der Waals surface area (Å²) in [5.41, 5.74) is 2.39. The van der Waals surface area contributed by atoms with Crippen molar-refractivity contribution in [3.63, 3.8) is 0 Å². The zero-order chi connectivity index (χ0) is 28.7. The summed E-state index contributed by atoms with van der Waals surface area (Å²) in [7, 11) is 1.76. The second-order valence-corrected chi connectivity index (χ2v) is 12.0. The molecule has 1 unspecified atom stereocenters. The number of imidazole rings is 1. The van der Waals surface area contributed by atoms with Gasteiger partial charge in [-0.15, -0.1) is 17.4 Å². The zero-order valence-corrected chi connectivity index (χ0v) is 24.3. The smallest absolute Gasteiger partial charge is 0.384 e. The second kappa shape index (κ2) is 11.0. The normalized spacial score (nSPS) is 21.4. The van der Waals surface area contributed by atoms with E-state index in [9.17, 15) is 4.79 Å². The predicted octanol–water partition coefficient (Wildman–Crippen LogP) is 5.32. The van der Waals surface area contributed by atoms with Crippen LogP contribution in [-0.2, 0) is 11.3 Å². The van der Waals surface area contributed by atoms with Crippen LogP contribution in [0.25, 0.3) is 34.1 Å². The Balaban J connectivity index is 1.57. The van der Waals surface area contributed by atoms with E-state index in [2.05, 4.69) is 39.4 Å². The molecule has 1 aliphatic heterocycles. The average molecular weight is 576 g/mol. The van der Waals surface area contributed by atoms with Crippen LogP contribution in [0.3, 0.4) is 0 Å². The van der Waals surface area contributed by atoms with E-state index in [0.29, 0.717) is 28.2 Å². The molecule has 4 heterocycles. The molecule has 11 heteroatoms. The van der Waals surface area contributed by atoms with Gasteiger partial charge >= 0.3 is 5.76 Å². The number of H-pyrrole nitrogens is 1. The molecular formula is C30H34ClN7O3. The van der Waals surface area contributed by atoms with E-state index in [1.165, 1.54) is 0 Å². The topological polar surface area (TPSA) is 115 Å². The van der Waals surface area contributed by atoms with Crippen molar-refractivity contribution in [2.45, 2.75) is 70.6 Å². The predicted molar refractivity (Wildman–Crippen MR) is 158 cm³/mol. The number of hydrogen-bond acceptors (Lipinski definition) is 8. The number of nitrogens with zero attached hydrogens (tertiary/aromatic N) is 6. The number of ether oxygens (including phenoxy) is 1. The van der Waals surface area contributed by atoms with Crippen molar-refractivity contribution in [2.24, 2.45) is 11.8 Å². The molecule has 4 aromatic rings. The van der Waals surface area contributed by atoms with Crippen LogP contribution in [0.15, 0.2) is 33.5 Å². The maximum Gasteiger partial charge on any atom is 0.434 e. The number of fused-ring (bicyclic) bond motifs is 1. The van der Waals surface area contributed by atoms with Crippen LogP contribution in [-0.4, -0.2) is 55.0 Å². The molecule has 0 spiro atoms. The molecular weight excluding hydrogens is 542 g/mol. The number of rotatable bonds is 7. The van der Waals surface area contributed by atoms with Gasteiger partial charge in [-0.05, 0) is 70.4 Å². The van der Waals surface area contributed by atoms with Gasteiger partial charge in [0, 0.05) is 36.7 Å². The first-order valence-corrected chi connectivity index (χ1v) is 14.5. The van der Waals surface area contributed by atoms with Crippen molar-refractivity contribution in [2.75, 3.05) is 18.6 Å². The third-order valence-corrected chi connectivity index (χ3v) is 8.91. The van der Waals surface area contributed by atoms with Gasteiger partial charge in [0.25, 0.3) is 5.89 Å². The summed E-state index contributed by atoms with van der Waals surface area (Å²) < 4.78 is 13.5. The van der Waals surface area contributed by atoms with Crippen LogP contribution >= 0.6 is 11.6 Å². The Kier molecular flexibility index (Phi) is 7.34. The molecule has 214 valence electrons. The molecule has 0 amide bonds. The van der Waals surface area contributed by atoms with Crippen LogP contribution in [0.5, 0.6) is 0 Å². The summed E-state index contributed by atoms with van der Waals surface area (Å²) in [6.45, 7) is 5.86. The molecule has 0 bridgehead atoms. The van der Waals surface area contributed by atoms with Gasteiger partial charge < -0.3 is 18.6 Å². The molecule has 1 N–H and O–H groups in total. The first-order valence-electron chi connectivity index (χ1n) is 14.2. The van der Waals surface area contributed by atoms with E-state index < -0.39 is 5.76 Å². The second-order valence-electron chi connectivity index (χ2n) is 11.6. The first kappa shape index (κ1) is 27.5. The minimum Gasteiger partial charge on any atom is -0.384 e. The van der Waals surface area contributed by atoms with Crippen molar-refractivity contribution in [3.05, 3.63) is 39.8 Å². The minimum absolute atomic E-state index is 0.00319. The molecule has 2 aliphatic rings.